The molecule has 0 amide bonds. The Kier molecular flexibility index (Phi) is 4.50. The lowest BCUT2D eigenvalue weighted by atomic mass is 10.3. The molecule has 0 aromatic heterocycles. The third-order valence-electron chi connectivity index (χ3n) is 0.810. The molecule has 0 radical (unpaired) electrons. The van der Waals surface area contributed by atoms with E-state index in [0.717, 1.165) is 0 Å². The van der Waals surface area contributed by atoms with Crippen LogP contribution in [0.25, 0.3) is 0 Å². The fourth-order valence-electron chi connectivity index (χ4n) is 0.339. The van der Waals surface area contributed by atoms with Gasteiger partial charge in [0.2, 0.25) is 0 Å². The monoisotopic (exact) mass is 157 g/mol. The minimum Gasteiger partial charge on any atom is -0.276 e. The van der Waals surface area contributed by atoms with Crippen LogP contribution in [0.3, 0.4) is 0 Å². The first-order valence-corrected chi connectivity index (χ1v) is 3.10. The Bertz CT molecular complexity index is 194. The average Bonchev–Trinajstić information content (AvgIpc) is 1.89. The molecule has 0 heterocycles. The van der Waals surface area contributed by atoms with Gasteiger partial charge >= 0.3 is 0 Å². The van der Waals surface area contributed by atoms with Gasteiger partial charge in [0.25, 0.3) is 5.24 Å². The fraction of sp³-hybridized carbons (Fsp3) is 0.143. The summed E-state index contributed by atoms with van der Waals surface area (Å²) >= 11 is 5.13. The molecule has 0 aliphatic rings. The van der Waals surface area contributed by atoms with Crippen LogP contribution < -0.4 is 0 Å². The van der Waals surface area contributed by atoms with Gasteiger partial charge in [0.15, 0.2) is 0 Å². The molecule has 0 saturated carbocycles. The molecule has 0 N–H and O–H groups in total. The normalized spacial score (nSPS) is 12.0. The van der Waals surface area contributed by atoms with E-state index in [4.69, 9.17) is 11.6 Å². The SMILES string of the molecule is C=C/C(=C\N=CC)C(=O)Cl. The first-order chi connectivity index (χ1) is 4.72. The molecule has 54 valence electrons. The fourth-order valence-corrected chi connectivity index (χ4v) is 0.464. The average molecular weight is 158 g/mol. The van der Waals surface area contributed by atoms with Crippen molar-refractivity contribution >= 4 is 23.1 Å². The van der Waals surface area contributed by atoms with Gasteiger partial charge in [0.1, 0.15) is 0 Å². The van der Waals surface area contributed by atoms with Gasteiger partial charge in [-0.1, -0.05) is 12.7 Å². The zero-order valence-corrected chi connectivity index (χ0v) is 6.43. The van der Waals surface area contributed by atoms with Crippen molar-refractivity contribution in [2.24, 2.45) is 4.99 Å². The van der Waals surface area contributed by atoms with Crippen molar-refractivity contribution in [3.8, 4) is 0 Å². The molecule has 10 heavy (non-hydrogen) atoms. The molecule has 0 aliphatic carbocycles. The zero-order valence-electron chi connectivity index (χ0n) is 5.67. The topological polar surface area (TPSA) is 29.4 Å². The molecule has 3 heteroatoms. The third kappa shape index (κ3) is 3.20. The lowest BCUT2D eigenvalue weighted by molar-refractivity contribution is -0.108. The van der Waals surface area contributed by atoms with Crippen molar-refractivity contribution in [1.82, 2.24) is 0 Å². The molecule has 0 aliphatic heterocycles. The highest BCUT2D eigenvalue weighted by atomic mass is 35.5. The van der Waals surface area contributed by atoms with Crippen molar-refractivity contribution in [1.29, 1.82) is 0 Å². The number of allylic oxidation sites excluding steroid dienone is 2. The predicted molar refractivity (Wildman–Crippen MR) is 43.3 cm³/mol. The van der Waals surface area contributed by atoms with E-state index in [1.165, 1.54) is 12.3 Å². The van der Waals surface area contributed by atoms with Gasteiger partial charge in [-0.15, -0.1) is 0 Å². The van der Waals surface area contributed by atoms with Crippen LogP contribution >= 0.6 is 11.6 Å². The summed E-state index contributed by atoms with van der Waals surface area (Å²) in [5, 5.41) is -0.541. The number of nitrogens with zero attached hydrogens (tertiary/aromatic N) is 1. The van der Waals surface area contributed by atoms with Crippen molar-refractivity contribution in [2.45, 2.75) is 6.92 Å². The van der Waals surface area contributed by atoms with Crippen LogP contribution in [0.1, 0.15) is 6.92 Å². The first-order valence-electron chi connectivity index (χ1n) is 2.72. The van der Waals surface area contributed by atoms with Crippen LogP contribution in [0.15, 0.2) is 29.4 Å². The van der Waals surface area contributed by atoms with Crippen molar-refractivity contribution in [2.75, 3.05) is 0 Å². The molecular weight excluding hydrogens is 150 g/mol. The zero-order chi connectivity index (χ0) is 7.98. The van der Waals surface area contributed by atoms with Crippen molar-refractivity contribution < 1.29 is 4.79 Å². The second kappa shape index (κ2) is 4.94. The number of hydrogen-bond acceptors (Lipinski definition) is 2. The summed E-state index contributed by atoms with van der Waals surface area (Å²) in [6.07, 6.45) is 4.29. The van der Waals surface area contributed by atoms with Crippen molar-refractivity contribution in [3.63, 3.8) is 0 Å². The Hall–Kier alpha value is -0.890. The molecule has 2 nitrogen and oxygen atoms in total. The van der Waals surface area contributed by atoms with Crippen molar-refractivity contribution in [3.05, 3.63) is 24.4 Å². The maximum absolute atomic E-state index is 10.4. The van der Waals surface area contributed by atoms with E-state index in [1.54, 1.807) is 13.1 Å². The Balaban J connectivity index is 4.33. The highest BCUT2D eigenvalue weighted by Crippen LogP contribution is 2.00. The second-order valence-corrected chi connectivity index (χ2v) is 1.81. The van der Waals surface area contributed by atoms with Gasteiger partial charge in [-0.05, 0) is 18.5 Å². The third-order valence-corrected chi connectivity index (χ3v) is 1.03. The quantitative estimate of drug-likeness (QED) is 0.266. The van der Waals surface area contributed by atoms with Crippen LogP contribution in [0, 0.1) is 0 Å². The van der Waals surface area contributed by atoms with Crippen LogP contribution in [-0.2, 0) is 4.79 Å². The largest absolute Gasteiger partial charge is 0.276 e. The van der Waals surface area contributed by atoms with Gasteiger partial charge in [-0.3, -0.25) is 9.79 Å². The number of rotatable bonds is 3. The van der Waals surface area contributed by atoms with Gasteiger partial charge < -0.3 is 0 Å². The molecule has 0 aromatic rings. The molecule has 0 aromatic carbocycles. The molecule has 0 atom stereocenters. The second-order valence-electron chi connectivity index (χ2n) is 1.47. The van der Waals surface area contributed by atoms with E-state index in [2.05, 4.69) is 11.6 Å². The molecule has 0 rings (SSSR count). The van der Waals surface area contributed by atoms with E-state index in [-0.39, 0.29) is 0 Å². The summed E-state index contributed by atoms with van der Waals surface area (Å²) in [6, 6.07) is 0. The Morgan fingerprint density at radius 1 is 1.70 bits per heavy atom. The van der Waals surface area contributed by atoms with E-state index in [0.29, 0.717) is 5.57 Å². The summed E-state index contributed by atoms with van der Waals surface area (Å²) < 4.78 is 0. The standard InChI is InChI=1S/C7H8ClNO/c1-3-6(7(8)10)5-9-4-2/h3-5H,1H2,2H3/b6-5+,9-4?. The number of hydrogen-bond donors (Lipinski definition) is 0. The highest BCUT2D eigenvalue weighted by Gasteiger charge is 1.97. The van der Waals surface area contributed by atoms with Crippen LogP contribution in [0.4, 0.5) is 0 Å². The van der Waals surface area contributed by atoms with Crippen LogP contribution in [0.5, 0.6) is 0 Å². The Labute approximate surface area is 64.9 Å². The summed E-state index contributed by atoms with van der Waals surface area (Å²) in [4.78, 5) is 14.1. The number of aliphatic imine (C=N–C) groups is 1. The van der Waals surface area contributed by atoms with E-state index < -0.39 is 5.24 Å². The lowest BCUT2D eigenvalue weighted by Gasteiger charge is -1.86. The van der Waals surface area contributed by atoms with Crippen LogP contribution in [0.2, 0.25) is 0 Å². The van der Waals surface area contributed by atoms with E-state index in [1.807, 2.05) is 0 Å². The Morgan fingerprint density at radius 2 is 2.30 bits per heavy atom. The van der Waals surface area contributed by atoms with Gasteiger partial charge in [-0.2, -0.15) is 0 Å². The molecular formula is C7H8ClNO. The lowest BCUT2D eigenvalue weighted by Crippen LogP contribution is -1.87. The number of carbonyl (C=O) groups excluding carboxylic acids is 1. The Morgan fingerprint density at radius 3 is 2.60 bits per heavy atom. The minimum absolute atomic E-state index is 0.305. The molecule has 0 unspecified atom stereocenters. The molecule has 0 saturated heterocycles. The summed E-state index contributed by atoms with van der Waals surface area (Å²) in [6.45, 7) is 5.13. The van der Waals surface area contributed by atoms with E-state index >= 15 is 0 Å². The number of halogens is 1. The van der Waals surface area contributed by atoms with Crippen LogP contribution in [-0.4, -0.2) is 11.5 Å². The predicted octanol–water partition coefficient (Wildman–Crippen LogP) is 1.91. The summed E-state index contributed by atoms with van der Waals surface area (Å²) in [5.74, 6) is 0. The maximum Gasteiger partial charge on any atom is 0.253 e. The molecule has 0 fully saturated rings. The van der Waals surface area contributed by atoms with Gasteiger partial charge in [0.05, 0.1) is 5.57 Å². The molecule has 0 spiro atoms. The van der Waals surface area contributed by atoms with Gasteiger partial charge in [0, 0.05) is 12.4 Å². The highest BCUT2D eigenvalue weighted by molar-refractivity contribution is 6.68. The van der Waals surface area contributed by atoms with Gasteiger partial charge in [-0.25, -0.2) is 0 Å². The summed E-state index contributed by atoms with van der Waals surface area (Å²) in [7, 11) is 0. The molecule has 0 bridgehead atoms. The smallest absolute Gasteiger partial charge is 0.253 e. The maximum atomic E-state index is 10.4. The first kappa shape index (κ1) is 9.11. The minimum atomic E-state index is -0.541. The number of carbonyl (C=O) groups is 1. The van der Waals surface area contributed by atoms with E-state index in [9.17, 15) is 4.79 Å². The summed E-state index contributed by atoms with van der Waals surface area (Å²) in [5.41, 5.74) is 0.305.